The number of phenols is 1. The van der Waals surface area contributed by atoms with Crippen LogP contribution in [0.1, 0.15) is 25.8 Å². The van der Waals surface area contributed by atoms with Crippen LogP contribution >= 0.6 is 15.9 Å². The van der Waals surface area contributed by atoms with E-state index in [9.17, 15) is 10.2 Å². The third kappa shape index (κ3) is 1.41. The molecule has 82 valence electrons. The van der Waals surface area contributed by atoms with Crippen LogP contribution in [0.2, 0.25) is 0 Å². The Morgan fingerprint density at radius 1 is 1.40 bits per heavy atom. The Kier molecular flexibility index (Phi) is 2.36. The molecule has 0 saturated heterocycles. The minimum Gasteiger partial charge on any atom is -0.508 e. The quantitative estimate of drug-likeness (QED) is 0.868. The van der Waals surface area contributed by atoms with E-state index in [2.05, 4.69) is 29.8 Å². The Morgan fingerprint density at radius 3 is 2.40 bits per heavy atom. The van der Waals surface area contributed by atoms with Gasteiger partial charge in [-0.15, -0.1) is 0 Å². The summed E-state index contributed by atoms with van der Waals surface area (Å²) in [7, 11) is 0. The first-order valence-corrected chi connectivity index (χ1v) is 5.83. The van der Waals surface area contributed by atoms with Gasteiger partial charge in [0, 0.05) is 15.5 Å². The van der Waals surface area contributed by atoms with Crippen molar-refractivity contribution < 1.29 is 10.2 Å². The predicted octanol–water partition coefficient (Wildman–Crippen LogP) is 2.81. The van der Waals surface area contributed by atoms with Crippen LogP contribution in [0.15, 0.2) is 22.7 Å². The first-order valence-electron chi connectivity index (χ1n) is 5.03. The average molecular weight is 271 g/mol. The molecule has 0 amide bonds. The monoisotopic (exact) mass is 270 g/mol. The molecule has 0 aromatic heterocycles. The third-order valence-corrected chi connectivity index (χ3v) is 4.32. The van der Waals surface area contributed by atoms with Crippen LogP contribution in [-0.2, 0) is 5.41 Å². The highest BCUT2D eigenvalue weighted by molar-refractivity contribution is 9.10. The number of rotatable bonds is 2. The summed E-state index contributed by atoms with van der Waals surface area (Å²) in [6.45, 7) is 4.31. The molecular weight excluding hydrogens is 256 g/mol. The molecule has 1 atom stereocenters. The molecule has 1 unspecified atom stereocenters. The number of hydrogen-bond donors (Lipinski definition) is 2. The summed E-state index contributed by atoms with van der Waals surface area (Å²) >= 11 is 3.44. The van der Waals surface area contributed by atoms with E-state index in [0.717, 1.165) is 16.5 Å². The zero-order chi connectivity index (χ0) is 11.3. The summed E-state index contributed by atoms with van der Waals surface area (Å²) in [5.74, 6) is 0.268. The van der Waals surface area contributed by atoms with E-state index < -0.39 is 0 Å². The zero-order valence-electron chi connectivity index (χ0n) is 8.92. The first-order chi connectivity index (χ1) is 6.94. The second-order valence-electron chi connectivity index (χ2n) is 4.93. The molecule has 3 heteroatoms. The maximum Gasteiger partial charge on any atom is 0.120 e. The highest BCUT2D eigenvalue weighted by Crippen LogP contribution is 2.66. The molecule has 1 aliphatic rings. The maximum absolute atomic E-state index is 9.89. The van der Waals surface area contributed by atoms with Crippen LogP contribution in [0.4, 0.5) is 0 Å². The van der Waals surface area contributed by atoms with Crippen molar-refractivity contribution in [2.24, 2.45) is 5.41 Å². The van der Waals surface area contributed by atoms with Gasteiger partial charge >= 0.3 is 0 Å². The number of aromatic hydroxyl groups is 1. The van der Waals surface area contributed by atoms with Gasteiger partial charge in [-0.2, -0.15) is 0 Å². The van der Waals surface area contributed by atoms with Crippen LogP contribution < -0.4 is 0 Å². The summed E-state index contributed by atoms with van der Waals surface area (Å²) in [5, 5.41) is 19.5. The summed E-state index contributed by atoms with van der Waals surface area (Å²) in [5.41, 5.74) is 0.623. The van der Waals surface area contributed by atoms with Gasteiger partial charge in [-0.1, -0.05) is 35.8 Å². The molecule has 0 spiro atoms. The van der Waals surface area contributed by atoms with Gasteiger partial charge in [0.25, 0.3) is 0 Å². The lowest BCUT2D eigenvalue weighted by Crippen LogP contribution is -2.20. The summed E-state index contributed by atoms with van der Waals surface area (Å²) in [6.07, 6.45) is 0.909. The minimum absolute atomic E-state index is 0.0586. The number of hydrogen-bond acceptors (Lipinski definition) is 2. The van der Waals surface area contributed by atoms with E-state index in [1.54, 1.807) is 12.1 Å². The molecule has 2 N–H and O–H groups in total. The molecule has 0 aliphatic heterocycles. The Balaban J connectivity index is 2.55. The van der Waals surface area contributed by atoms with E-state index in [1.807, 2.05) is 6.07 Å². The van der Waals surface area contributed by atoms with E-state index in [4.69, 9.17) is 0 Å². The summed E-state index contributed by atoms with van der Waals surface area (Å²) < 4.78 is 0.877. The largest absolute Gasteiger partial charge is 0.508 e. The van der Waals surface area contributed by atoms with E-state index >= 15 is 0 Å². The van der Waals surface area contributed by atoms with Crippen molar-refractivity contribution in [3.8, 4) is 5.75 Å². The number of phenolic OH excluding ortho intramolecular Hbond substituents is 1. The van der Waals surface area contributed by atoms with Gasteiger partial charge in [-0.05, 0) is 24.0 Å². The molecule has 1 aromatic rings. The van der Waals surface area contributed by atoms with Gasteiger partial charge < -0.3 is 10.2 Å². The van der Waals surface area contributed by atoms with Crippen molar-refractivity contribution in [2.75, 3.05) is 6.61 Å². The molecule has 1 fully saturated rings. The Hall–Kier alpha value is -0.540. The molecule has 2 rings (SSSR count). The van der Waals surface area contributed by atoms with Crippen molar-refractivity contribution >= 4 is 15.9 Å². The molecule has 15 heavy (non-hydrogen) atoms. The molecular formula is C12H15BrO2. The fraction of sp³-hybridized carbons (Fsp3) is 0.500. The average Bonchev–Trinajstić information content (AvgIpc) is 2.69. The predicted molar refractivity (Wildman–Crippen MR) is 63.0 cm³/mol. The molecule has 0 bridgehead atoms. The van der Waals surface area contributed by atoms with Crippen LogP contribution in [0.5, 0.6) is 5.75 Å². The van der Waals surface area contributed by atoms with E-state index in [0.29, 0.717) is 0 Å². The summed E-state index contributed by atoms with van der Waals surface area (Å²) in [6, 6.07) is 5.37. The molecule has 1 aliphatic carbocycles. The molecule has 1 saturated carbocycles. The van der Waals surface area contributed by atoms with E-state index in [1.165, 1.54) is 0 Å². The normalized spacial score (nSPS) is 27.7. The number of halogens is 1. The number of aliphatic hydroxyl groups is 1. The molecule has 0 radical (unpaired) electrons. The minimum atomic E-state index is -0.281. The van der Waals surface area contributed by atoms with Crippen molar-refractivity contribution in [1.82, 2.24) is 0 Å². The highest BCUT2D eigenvalue weighted by Gasteiger charge is 2.63. The fourth-order valence-electron chi connectivity index (χ4n) is 2.47. The molecule has 2 nitrogen and oxygen atoms in total. The SMILES string of the molecule is CC1(C)CC1(CO)c1c(O)cccc1Br. The standard InChI is InChI=1S/C12H15BrO2/c1-11(2)6-12(11,7-14)10-8(13)4-3-5-9(10)15/h3-5,14-15H,6-7H2,1-2H3. The third-order valence-electron chi connectivity index (χ3n) is 3.65. The van der Waals surface area contributed by atoms with Gasteiger partial charge in [-0.25, -0.2) is 0 Å². The lowest BCUT2D eigenvalue weighted by atomic mass is 9.88. The van der Waals surface area contributed by atoms with Gasteiger partial charge in [0.1, 0.15) is 5.75 Å². The highest BCUT2D eigenvalue weighted by atomic mass is 79.9. The molecule has 1 aromatic carbocycles. The fourth-order valence-corrected chi connectivity index (χ4v) is 3.21. The lowest BCUT2D eigenvalue weighted by molar-refractivity contribution is 0.228. The molecule has 0 heterocycles. The van der Waals surface area contributed by atoms with Crippen LogP contribution in [0, 0.1) is 5.41 Å². The summed E-state index contributed by atoms with van der Waals surface area (Å²) in [4.78, 5) is 0. The van der Waals surface area contributed by atoms with Crippen LogP contribution in [0.3, 0.4) is 0 Å². The van der Waals surface area contributed by atoms with Crippen LogP contribution in [0.25, 0.3) is 0 Å². The maximum atomic E-state index is 9.89. The Bertz CT molecular complexity index is 380. The van der Waals surface area contributed by atoms with Crippen molar-refractivity contribution in [1.29, 1.82) is 0 Å². The van der Waals surface area contributed by atoms with E-state index in [-0.39, 0.29) is 23.2 Å². The van der Waals surface area contributed by atoms with Gasteiger partial charge in [0.15, 0.2) is 0 Å². The van der Waals surface area contributed by atoms with Gasteiger partial charge in [0.2, 0.25) is 0 Å². The second-order valence-corrected chi connectivity index (χ2v) is 5.79. The smallest absolute Gasteiger partial charge is 0.120 e. The van der Waals surface area contributed by atoms with Crippen molar-refractivity contribution in [3.05, 3.63) is 28.2 Å². The Morgan fingerprint density at radius 2 is 2.00 bits per heavy atom. The second kappa shape index (κ2) is 3.22. The zero-order valence-corrected chi connectivity index (χ0v) is 10.5. The number of aliphatic hydroxyl groups excluding tert-OH is 1. The van der Waals surface area contributed by atoms with Gasteiger partial charge in [-0.3, -0.25) is 0 Å². The van der Waals surface area contributed by atoms with Crippen molar-refractivity contribution in [2.45, 2.75) is 25.7 Å². The lowest BCUT2D eigenvalue weighted by Gasteiger charge is -2.21. The number of benzene rings is 1. The first kappa shape index (κ1) is 11.0. The topological polar surface area (TPSA) is 40.5 Å². The van der Waals surface area contributed by atoms with Crippen molar-refractivity contribution in [3.63, 3.8) is 0 Å². The Labute approximate surface area is 98.1 Å². The van der Waals surface area contributed by atoms with Gasteiger partial charge in [0.05, 0.1) is 6.61 Å². The van der Waals surface area contributed by atoms with Crippen LogP contribution in [-0.4, -0.2) is 16.8 Å².